The van der Waals surface area contributed by atoms with Crippen molar-refractivity contribution < 1.29 is 17.5 Å². The minimum atomic E-state index is -4.09. The molecule has 180 valence electrons. The van der Waals surface area contributed by atoms with Gasteiger partial charge < -0.3 is 27.3 Å². The molecule has 0 unspecified atom stereocenters. The van der Waals surface area contributed by atoms with E-state index in [0.717, 1.165) is 49.6 Å². The van der Waals surface area contributed by atoms with Crippen LogP contribution in [0.1, 0.15) is 47.0 Å². The summed E-state index contributed by atoms with van der Waals surface area (Å²) in [6.45, 7) is 2.76. The summed E-state index contributed by atoms with van der Waals surface area (Å²) in [5.41, 5.74) is 5.52. The summed E-state index contributed by atoms with van der Waals surface area (Å²) in [7, 11) is 0. The Morgan fingerprint density at radius 3 is 2.81 bits per heavy atom. The highest BCUT2D eigenvalue weighted by molar-refractivity contribution is 6.58. The van der Waals surface area contributed by atoms with Gasteiger partial charge >= 0.3 is 12.6 Å². The van der Waals surface area contributed by atoms with E-state index in [1.165, 1.54) is 0 Å². The highest BCUT2D eigenvalue weighted by atomic mass is 19.2. The van der Waals surface area contributed by atoms with E-state index in [-0.39, 0.29) is 0 Å². The second kappa shape index (κ2) is 8.04. The van der Waals surface area contributed by atoms with Crippen LogP contribution in [0.15, 0.2) is 56.9 Å². The molecule has 0 amide bonds. The van der Waals surface area contributed by atoms with E-state index in [0.29, 0.717) is 40.5 Å². The van der Waals surface area contributed by atoms with Gasteiger partial charge in [0.05, 0.1) is 5.56 Å². The molecule has 5 nitrogen and oxygen atoms in total. The molecule has 1 aromatic carbocycles. The molecule has 0 saturated heterocycles. The largest absolute Gasteiger partial charge is 0.737 e. The van der Waals surface area contributed by atoms with E-state index in [9.17, 15) is 4.79 Å². The molecule has 0 fully saturated rings. The number of hydrogen-bond acceptors (Lipinski definition) is 3. The second-order valence-electron chi connectivity index (χ2n) is 9.56. The zero-order chi connectivity index (χ0) is 25.2. The van der Waals surface area contributed by atoms with Crippen molar-refractivity contribution in [2.24, 2.45) is 0 Å². The summed E-state index contributed by atoms with van der Waals surface area (Å²) < 4.78 is 39.4. The topological polar surface area (TPSA) is 50.2 Å². The van der Waals surface area contributed by atoms with Gasteiger partial charge in [0, 0.05) is 60.0 Å². The fourth-order valence-corrected chi connectivity index (χ4v) is 5.35. The number of benzene rings is 1. The molecule has 0 saturated carbocycles. The van der Waals surface area contributed by atoms with Gasteiger partial charge in [-0.3, -0.25) is 0 Å². The zero-order valence-electron chi connectivity index (χ0n) is 20.3. The predicted molar refractivity (Wildman–Crippen MR) is 139 cm³/mol. The molecule has 0 spiro atoms. The maximum absolute atomic E-state index is 15.8. The van der Waals surface area contributed by atoms with Gasteiger partial charge in [0.2, 0.25) is 0 Å². The number of halogens is 2. The van der Waals surface area contributed by atoms with E-state index in [2.05, 4.69) is 17.2 Å². The van der Waals surface area contributed by atoms with Crippen LogP contribution in [-0.4, -0.2) is 28.2 Å². The van der Waals surface area contributed by atoms with Crippen molar-refractivity contribution in [3.63, 3.8) is 0 Å². The van der Waals surface area contributed by atoms with Crippen LogP contribution in [-0.2, 0) is 6.54 Å². The molecule has 3 aliphatic heterocycles. The van der Waals surface area contributed by atoms with Gasteiger partial charge in [-0.15, -0.1) is 0 Å². The molecule has 0 bridgehead atoms. The molecule has 0 aliphatic carbocycles. The predicted octanol–water partition coefficient (Wildman–Crippen LogP) is 4.76. The van der Waals surface area contributed by atoms with E-state index < -0.39 is 12.6 Å². The monoisotopic (exact) mass is 483 g/mol. The lowest BCUT2D eigenvalue weighted by Gasteiger charge is -2.30. The number of nitrogens with zero attached hydrogens (tertiary/aromatic N) is 2. The highest BCUT2D eigenvalue weighted by Crippen LogP contribution is 2.36. The third kappa shape index (κ3) is 3.42. The van der Waals surface area contributed by atoms with Gasteiger partial charge in [-0.2, -0.15) is 0 Å². The third-order valence-corrected chi connectivity index (χ3v) is 7.05. The summed E-state index contributed by atoms with van der Waals surface area (Å²) in [6.07, 6.45) is 7.42. The van der Waals surface area contributed by atoms with Crippen LogP contribution in [0.3, 0.4) is 0 Å². The van der Waals surface area contributed by atoms with Crippen LogP contribution >= 0.6 is 0 Å². The molecule has 0 radical (unpaired) electrons. The normalized spacial score (nSPS) is 18.1. The minimum Gasteiger partial charge on any atom is -0.422 e. The number of aryl methyl sites for hydroxylation is 2. The Balaban J connectivity index is 1.44. The Morgan fingerprint density at radius 1 is 1.14 bits per heavy atom. The van der Waals surface area contributed by atoms with Gasteiger partial charge in [0.1, 0.15) is 5.58 Å². The smallest absolute Gasteiger partial charge is 0.422 e. The Bertz CT molecular complexity index is 1720. The van der Waals surface area contributed by atoms with Crippen LogP contribution < -0.4 is 10.9 Å². The first kappa shape index (κ1) is 22.5. The van der Waals surface area contributed by atoms with Gasteiger partial charge in [-0.1, -0.05) is 11.8 Å². The second-order valence-corrected chi connectivity index (χ2v) is 9.56. The molecule has 36 heavy (non-hydrogen) atoms. The molecule has 2 aromatic heterocycles. The maximum atomic E-state index is 15.8. The molecule has 1 N–H and O–H groups in total. The molecule has 3 aromatic rings. The lowest BCUT2D eigenvalue weighted by atomic mass is 9.89. The molecule has 8 heteroatoms. The standard InChI is InChI=1S/C28H24BF2N3O2/c1-17-10-19(3)33-25(17)15-26-18(2)11-24(34(26)29(33,30)31)8-7-21-12-22-13-23-16-32-9-5-4-6-20(23)14-27(22)36-28(21)35/h7-8,10-15,32H,5,9,16H2,1-3H3. The first-order valence-corrected chi connectivity index (χ1v) is 12.0. The average molecular weight is 483 g/mol. The Kier molecular flexibility index (Phi) is 5.03. The van der Waals surface area contributed by atoms with Crippen molar-refractivity contribution in [1.29, 1.82) is 0 Å². The molecule has 3 aliphatic rings. The van der Waals surface area contributed by atoms with Crippen LogP contribution in [0.25, 0.3) is 23.1 Å². The van der Waals surface area contributed by atoms with E-state index >= 15 is 8.63 Å². The van der Waals surface area contributed by atoms with Crippen molar-refractivity contribution in [2.45, 2.75) is 33.7 Å². The van der Waals surface area contributed by atoms with E-state index in [1.807, 2.05) is 26.0 Å². The Morgan fingerprint density at radius 2 is 1.97 bits per heavy atom. The summed E-state index contributed by atoms with van der Waals surface area (Å²) in [4.78, 5) is 12.8. The molecular formula is C28H24BF2N3O2. The molecular weight excluding hydrogens is 459 g/mol. The summed E-state index contributed by atoms with van der Waals surface area (Å²) in [5, 5.41) is 4.11. The average Bonchev–Trinajstić information content (AvgIpc) is 3.29. The van der Waals surface area contributed by atoms with Crippen molar-refractivity contribution in [3.05, 3.63) is 91.7 Å². The van der Waals surface area contributed by atoms with Crippen LogP contribution in [0.4, 0.5) is 8.63 Å². The van der Waals surface area contributed by atoms with E-state index in [4.69, 9.17) is 4.42 Å². The zero-order valence-corrected chi connectivity index (χ0v) is 20.3. The summed E-state index contributed by atoms with van der Waals surface area (Å²) in [6, 6.07) is 7.28. The summed E-state index contributed by atoms with van der Waals surface area (Å²) in [5.74, 6) is 6.25. The van der Waals surface area contributed by atoms with Gasteiger partial charge in [0.25, 0.3) is 0 Å². The highest BCUT2D eigenvalue weighted by Gasteiger charge is 2.53. The lowest BCUT2D eigenvalue weighted by molar-refractivity contribution is -0.361. The van der Waals surface area contributed by atoms with Gasteiger partial charge in [-0.25, -0.2) is 4.79 Å². The maximum Gasteiger partial charge on any atom is 0.737 e. The molecule has 5 heterocycles. The Hall–Kier alpha value is -3.96. The van der Waals surface area contributed by atoms with E-state index in [1.54, 1.807) is 43.4 Å². The van der Waals surface area contributed by atoms with Crippen LogP contribution in [0, 0.1) is 25.7 Å². The van der Waals surface area contributed by atoms with Gasteiger partial charge in [-0.05, 0) is 67.9 Å². The number of nitrogens with one attached hydrogen (secondary N) is 1. The van der Waals surface area contributed by atoms with Crippen LogP contribution in [0.2, 0.25) is 0 Å². The Labute approximate surface area is 207 Å². The first-order valence-electron chi connectivity index (χ1n) is 12.0. The fourth-order valence-electron chi connectivity index (χ4n) is 5.35. The van der Waals surface area contributed by atoms with Crippen molar-refractivity contribution in [3.8, 4) is 11.8 Å². The van der Waals surface area contributed by atoms with Gasteiger partial charge in [0.15, 0.2) is 11.4 Å². The number of aromatic nitrogens is 1. The van der Waals surface area contributed by atoms with Crippen molar-refractivity contribution in [2.75, 3.05) is 6.54 Å². The third-order valence-electron chi connectivity index (χ3n) is 7.05. The minimum absolute atomic E-state index is 0.296. The van der Waals surface area contributed by atoms with Crippen molar-refractivity contribution >= 4 is 35.8 Å². The number of fused-ring (bicyclic) bond motifs is 4. The summed E-state index contributed by atoms with van der Waals surface area (Å²) >= 11 is 0. The molecule has 0 atom stereocenters. The number of allylic oxidation sites excluding steroid dienone is 3. The lowest BCUT2D eigenvalue weighted by Crippen LogP contribution is -2.50. The first-order chi connectivity index (χ1) is 17.2. The van der Waals surface area contributed by atoms with Crippen molar-refractivity contribution in [1.82, 2.24) is 9.79 Å². The van der Waals surface area contributed by atoms with Crippen LogP contribution in [0.5, 0.6) is 0 Å². The fraction of sp³-hybridized carbons (Fsp3) is 0.214. The SMILES string of the molecule is CC1=CC(C=Cc2cc3cc4c(cc3oc2=O)C#CCCNC4)=[N+]2C1=Cc1c(C)cc(C)n1[B-]2(F)F. The quantitative estimate of drug-likeness (QED) is 0.325. The molecule has 6 rings (SSSR count). The number of rotatable bonds is 2. The number of hydrogen-bond donors (Lipinski definition) is 1.